The summed E-state index contributed by atoms with van der Waals surface area (Å²) in [4.78, 5) is 6.89. The molecule has 1 aliphatic rings. The van der Waals surface area contributed by atoms with E-state index in [1.165, 1.54) is 19.4 Å². The van der Waals surface area contributed by atoms with Crippen molar-refractivity contribution in [3.8, 4) is 0 Å². The first-order valence-electron chi connectivity index (χ1n) is 6.66. The van der Waals surface area contributed by atoms with Crippen LogP contribution in [0.25, 0.3) is 0 Å². The van der Waals surface area contributed by atoms with Crippen molar-refractivity contribution in [3.63, 3.8) is 0 Å². The standard InChI is InChI=1S/C14H23N3/c1-12(2)17(14-7-3-4-9-16-14)11-13-6-5-8-15-10-13/h3-4,7,9,12-13,15H,5-6,8,10-11H2,1-2H3. The van der Waals surface area contributed by atoms with Crippen molar-refractivity contribution in [2.45, 2.75) is 32.7 Å². The minimum atomic E-state index is 0.506. The molecule has 3 nitrogen and oxygen atoms in total. The van der Waals surface area contributed by atoms with Gasteiger partial charge in [-0.2, -0.15) is 0 Å². The molecular weight excluding hydrogens is 210 g/mol. The van der Waals surface area contributed by atoms with E-state index in [1.807, 2.05) is 12.3 Å². The Balaban J connectivity index is 2.02. The molecular formula is C14H23N3. The summed E-state index contributed by atoms with van der Waals surface area (Å²) in [5, 5.41) is 3.48. The van der Waals surface area contributed by atoms with Crippen LogP contribution in [-0.4, -0.2) is 30.7 Å². The van der Waals surface area contributed by atoms with Gasteiger partial charge in [0, 0.05) is 18.8 Å². The summed E-state index contributed by atoms with van der Waals surface area (Å²) in [7, 11) is 0. The molecule has 1 fully saturated rings. The summed E-state index contributed by atoms with van der Waals surface area (Å²) in [6.45, 7) is 7.93. The van der Waals surface area contributed by atoms with Gasteiger partial charge in [-0.3, -0.25) is 0 Å². The van der Waals surface area contributed by atoms with Crippen LogP contribution >= 0.6 is 0 Å². The second-order valence-corrected chi connectivity index (χ2v) is 5.15. The average Bonchev–Trinajstić information content (AvgIpc) is 2.38. The smallest absolute Gasteiger partial charge is 0.128 e. The van der Waals surface area contributed by atoms with Crippen LogP contribution in [0.3, 0.4) is 0 Å². The Kier molecular flexibility index (Phi) is 4.37. The van der Waals surface area contributed by atoms with Crippen LogP contribution in [0.15, 0.2) is 24.4 Å². The second kappa shape index (κ2) is 6.01. The van der Waals surface area contributed by atoms with E-state index in [9.17, 15) is 0 Å². The molecule has 1 N–H and O–H groups in total. The highest BCUT2D eigenvalue weighted by Crippen LogP contribution is 2.18. The molecule has 0 bridgehead atoms. The molecule has 1 unspecified atom stereocenters. The van der Waals surface area contributed by atoms with Gasteiger partial charge in [0.25, 0.3) is 0 Å². The Labute approximate surface area is 104 Å². The van der Waals surface area contributed by atoms with Crippen LogP contribution in [0.4, 0.5) is 5.82 Å². The van der Waals surface area contributed by atoms with Crippen molar-refractivity contribution in [1.82, 2.24) is 10.3 Å². The maximum absolute atomic E-state index is 4.47. The minimum absolute atomic E-state index is 0.506. The second-order valence-electron chi connectivity index (χ2n) is 5.15. The van der Waals surface area contributed by atoms with Gasteiger partial charge >= 0.3 is 0 Å². The number of piperidine rings is 1. The lowest BCUT2D eigenvalue weighted by molar-refractivity contribution is 0.370. The lowest BCUT2D eigenvalue weighted by atomic mass is 9.98. The van der Waals surface area contributed by atoms with Crippen LogP contribution < -0.4 is 10.2 Å². The average molecular weight is 233 g/mol. The topological polar surface area (TPSA) is 28.2 Å². The summed E-state index contributed by atoms with van der Waals surface area (Å²) in [6.07, 6.45) is 4.52. The monoisotopic (exact) mass is 233 g/mol. The molecule has 0 aromatic carbocycles. The molecule has 1 saturated heterocycles. The maximum atomic E-state index is 4.47. The highest BCUT2D eigenvalue weighted by molar-refractivity contribution is 5.38. The van der Waals surface area contributed by atoms with Crippen LogP contribution in [0.5, 0.6) is 0 Å². The fourth-order valence-corrected chi connectivity index (χ4v) is 2.45. The van der Waals surface area contributed by atoms with Crippen molar-refractivity contribution in [3.05, 3.63) is 24.4 Å². The fraction of sp³-hybridized carbons (Fsp3) is 0.643. The van der Waals surface area contributed by atoms with Crippen molar-refractivity contribution in [1.29, 1.82) is 0 Å². The van der Waals surface area contributed by atoms with Crippen molar-refractivity contribution < 1.29 is 0 Å². The Morgan fingerprint density at radius 3 is 2.94 bits per heavy atom. The summed E-state index contributed by atoms with van der Waals surface area (Å²) >= 11 is 0. The van der Waals surface area contributed by atoms with Gasteiger partial charge in [-0.15, -0.1) is 0 Å². The van der Waals surface area contributed by atoms with Crippen molar-refractivity contribution in [2.75, 3.05) is 24.5 Å². The van der Waals surface area contributed by atoms with Crippen LogP contribution in [0.2, 0.25) is 0 Å². The molecule has 17 heavy (non-hydrogen) atoms. The van der Waals surface area contributed by atoms with E-state index in [0.717, 1.165) is 24.8 Å². The third-order valence-electron chi connectivity index (χ3n) is 3.42. The third-order valence-corrected chi connectivity index (χ3v) is 3.42. The normalized spacial score (nSPS) is 20.5. The largest absolute Gasteiger partial charge is 0.354 e. The molecule has 0 spiro atoms. The summed E-state index contributed by atoms with van der Waals surface area (Å²) in [5.74, 6) is 1.86. The lowest BCUT2D eigenvalue weighted by Crippen LogP contribution is -2.41. The number of anilines is 1. The highest BCUT2D eigenvalue weighted by atomic mass is 15.2. The molecule has 1 atom stereocenters. The maximum Gasteiger partial charge on any atom is 0.128 e. The SMILES string of the molecule is CC(C)N(CC1CCCNC1)c1ccccn1. The first-order chi connectivity index (χ1) is 8.27. The molecule has 3 heteroatoms. The Morgan fingerprint density at radius 1 is 1.47 bits per heavy atom. The first kappa shape index (κ1) is 12.4. The number of hydrogen-bond acceptors (Lipinski definition) is 3. The van der Waals surface area contributed by atoms with Gasteiger partial charge in [0.2, 0.25) is 0 Å². The van der Waals surface area contributed by atoms with Crippen molar-refractivity contribution >= 4 is 5.82 Å². The third kappa shape index (κ3) is 3.43. The van der Waals surface area contributed by atoms with E-state index >= 15 is 0 Å². The van der Waals surface area contributed by atoms with E-state index in [2.05, 4.69) is 41.2 Å². The Morgan fingerprint density at radius 2 is 2.35 bits per heavy atom. The number of pyridine rings is 1. The first-order valence-corrected chi connectivity index (χ1v) is 6.66. The number of hydrogen-bond donors (Lipinski definition) is 1. The molecule has 2 heterocycles. The summed E-state index contributed by atoms with van der Waals surface area (Å²) < 4.78 is 0. The van der Waals surface area contributed by atoms with Crippen molar-refractivity contribution in [2.24, 2.45) is 5.92 Å². The zero-order chi connectivity index (χ0) is 12.1. The van der Waals surface area contributed by atoms with Crippen LogP contribution in [-0.2, 0) is 0 Å². The van der Waals surface area contributed by atoms with Gasteiger partial charge in [-0.25, -0.2) is 4.98 Å². The van der Waals surface area contributed by atoms with Gasteiger partial charge in [0.1, 0.15) is 5.82 Å². The highest BCUT2D eigenvalue weighted by Gasteiger charge is 2.19. The van der Waals surface area contributed by atoms with E-state index in [0.29, 0.717) is 6.04 Å². The summed E-state index contributed by atoms with van der Waals surface area (Å²) in [5.41, 5.74) is 0. The number of nitrogens with zero attached hydrogens (tertiary/aromatic N) is 2. The molecule has 0 aliphatic carbocycles. The molecule has 1 aromatic rings. The van der Waals surface area contributed by atoms with E-state index in [1.54, 1.807) is 0 Å². The molecule has 0 saturated carbocycles. The summed E-state index contributed by atoms with van der Waals surface area (Å²) in [6, 6.07) is 6.66. The zero-order valence-corrected chi connectivity index (χ0v) is 10.9. The lowest BCUT2D eigenvalue weighted by Gasteiger charge is -2.33. The molecule has 0 amide bonds. The predicted molar refractivity (Wildman–Crippen MR) is 72.3 cm³/mol. The fourth-order valence-electron chi connectivity index (χ4n) is 2.45. The molecule has 1 aliphatic heterocycles. The van der Waals surface area contributed by atoms with Gasteiger partial charge in [0.05, 0.1) is 0 Å². The molecule has 94 valence electrons. The van der Waals surface area contributed by atoms with E-state index in [4.69, 9.17) is 0 Å². The number of aromatic nitrogens is 1. The minimum Gasteiger partial charge on any atom is -0.354 e. The predicted octanol–water partition coefficient (Wildman–Crippen LogP) is 2.30. The Hall–Kier alpha value is -1.09. The van der Waals surface area contributed by atoms with E-state index < -0.39 is 0 Å². The van der Waals surface area contributed by atoms with Gasteiger partial charge in [-0.05, 0) is 57.8 Å². The quantitative estimate of drug-likeness (QED) is 0.865. The van der Waals surface area contributed by atoms with Crippen LogP contribution in [0.1, 0.15) is 26.7 Å². The van der Waals surface area contributed by atoms with Crippen LogP contribution in [0, 0.1) is 5.92 Å². The number of rotatable bonds is 4. The van der Waals surface area contributed by atoms with Gasteiger partial charge < -0.3 is 10.2 Å². The Bertz CT molecular complexity index is 317. The molecule has 0 radical (unpaired) electrons. The number of nitrogens with one attached hydrogen (secondary N) is 1. The van der Waals surface area contributed by atoms with Gasteiger partial charge in [0.15, 0.2) is 0 Å². The van der Waals surface area contributed by atoms with E-state index in [-0.39, 0.29) is 0 Å². The zero-order valence-electron chi connectivity index (χ0n) is 10.9. The molecule has 2 rings (SSSR count). The van der Waals surface area contributed by atoms with Gasteiger partial charge in [-0.1, -0.05) is 6.07 Å². The molecule has 1 aromatic heterocycles.